The molecule has 0 aliphatic carbocycles. The molecule has 20 heavy (non-hydrogen) atoms. The average Bonchev–Trinajstić information content (AvgIpc) is 2.84. The molecule has 102 valence electrons. The molecule has 1 fully saturated rings. The molecule has 2 aromatic rings. The third-order valence-corrected chi connectivity index (χ3v) is 4.21. The summed E-state index contributed by atoms with van der Waals surface area (Å²) in [4.78, 5) is 15.2. The molecule has 0 radical (unpaired) electrons. The maximum atomic E-state index is 12.5. The highest BCUT2D eigenvalue weighted by atomic mass is 32.1. The number of nitrogens with zero attached hydrogens (tertiary/aromatic N) is 4. The van der Waals surface area contributed by atoms with E-state index in [9.17, 15) is 4.79 Å². The molecule has 1 aliphatic heterocycles. The van der Waals surface area contributed by atoms with Crippen LogP contribution in [0.3, 0.4) is 0 Å². The Bertz CT molecular complexity index is 707. The van der Waals surface area contributed by atoms with Gasteiger partial charge in [0.05, 0.1) is 31.1 Å². The maximum absolute atomic E-state index is 12.5. The molecule has 0 saturated carbocycles. The van der Waals surface area contributed by atoms with E-state index in [4.69, 9.17) is 15.7 Å². The van der Waals surface area contributed by atoms with E-state index in [0.29, 0.717) is 28.5 Å². The van der Waals surface area contributed by atoms with E-state index in [1.807, 2.05) is 6.07 Å². The van der Waals surface area contributed by atoms with Gasteiger partial charge in [0.1, 0.15) is 9.71 Å². The van der Waals surface area contributed by atoms with Crippen molar-refractivity contribution in [2.45, 2.75) is 6.10 Å². The van der Waals surface area contributed by atoms with Gasteiger partial charge < -0.3 is 15.4 Å². The second-order valence-electron chi connectivity index (χ2n) is 4.33. The smallest absolute Gasteiger partial charge is 0.266 e. The maximum Gasteiger partial charge on any atom is 0.266 e. The summed E-state index contributed by atoms with van der Waals surface area (Å²) in [6, 6.07) is 3.75. The second-order valence-corrected chi connectivity index (χ2v) is 5.33. The number of fused-ring (bicyclic) bond motifs is 1. The highest BCUT2D eigenvalue weighted by Gasteiger charge is 2.28. The van der Waals surface area contributed by atoms with Gasteiger partial charge in [-0.2, -0.15) is 10.4 Å². The van der Waals surface area contributed by atoms with Crippen LogP contribution in [0.2, 0.25) is 0 Å². The Hall–Kier alpha value is -2.24. The van der Waals surface area contributed by atoms with Gasteiger partial charge in [-0.15, -0.1) is 16.4 Å². The van der Waals surface area contributed by atoms with E-state index < -0.39 is 6.10 Å². The van der Waals surface area contributed by atoms with Crippen LogP contribution < -0.4 is 5.73 Å². The topological polar surface area (TPSA) is 105 Å². The summed E-state index contributed by atoms with van der Waals surface area (Å²) in [7, 11) is 0. The van der Waals surface area contributed by atoms with Gasteiger partial charge in [0.25, 0.3) is 5.91 Å². The van der Waals surface area contributed by atoms with E-state index in [2.05, 4.69) is 10.2 Å². The fraction of sp³-hybridized carbons (Fsp3) is 0.333. The predicted molar refractivity (Wildman–Crippen MR) is 73.1 cm³/mol. The zero-order chi connectivity index (χ0) is 14.1. The van der Waals surface area contributed by atoms with E-state index in [1.165, 1.54) is 11.3 Å². The van der Waals surface area contributed by atoms with Crippen molar-refractivity contribution in [2.75, 3.05) is 25.4 Å². The first kappa shape index (κ1) is 12.8. The number of hydrogen-bond acceptors (Lipinski definition) is 7. The number of nitriles is 1. The molecule has 1 atom stereocenters. The van der Waals surface area contributed by atoms with Gasteiger partial charge in [-0.3, -0.25) is 4.79 Å². The minimum absolute atomic E-state index is 0.186. The lowest BCUT2D eigenvalue weighted by Crippen LogP contribution is -2.45. The minimum atomic E-state index is -0.580. The molecule has 0 bridgehead atoms. The summed E-state index contributed by atoms with van der Waals surface area (Å²) in [5.41, 5.74) is 6.43. The fourth-order valence-electron chi connectivity index (χ4n) is 2.09. The highest BCUT2D eigenvalue weighted by Crippen LogP contribution is 2.32. The fourth-order valence-corrected chi connectivity index (χ4v) is 3.09. The van der Waals surface area contributed by atoms with Crippen LogP contribution in [0.5, 0.6) is 0 Å². The summed E-state index contributed by atoms with van der Waals surface area (Å²) in [5.74, 6) is -0.186. The number of nitrogens with two attached hydrogens (primary N) is 1. The van der Waals surface area contributed by atoms with Crippen LogP contribution in [0.1, 0.15) is 9.67 Å². The Morgan fingerprint density at radius 2 is 2.50 bits per heavy atom. The SMILES string of the molecule is N#CC1CN(C(=O)c2sc3nnccc3c2N)CCO1. The van der Waals surface area contributed by atoms with Gasteiger partial charge in [-0.05, 0) is 6.07 Å². The Kier molecular flexibility index (Phi) is 3.22. The van der Waals surface area contributed by atoms with E-state index in [-0.39, 0.29) is 12.5 Å². The molecule has 8 heteroatoms. The molecule has 3 heterocycles. The normalized spacial score (nSPS) is 18.9. The highest BCUT2D eigenvalue weighted by molar-refractivity contribution is 7.21. The Morgan fingerprint density at radius 1 is 1.65 bits per heavy atom. The molecule has 2 aromatic heterocycles. The molecule has 1 saturated heterocycles. The Balaban J connectivity index is 1.93. The van der Waals surface area contributed by atoms with Crippen LogP contribution in [0.15, 0.2) is 12.3 Å². The van der Waals surface area contributed by atoms with Crippen LogP contribution >= 0.6 is 11.3 Å². The minimum Gasteiger partial charge on any atom is -0.397 e. The standard InChI is InChI=1S/C12H11N5O2S/c13-5-7-6-17(3-4-19-7)12(18)10-9(14)8-1-2-15-16-11(8)20-10/h1-2,7H,3-4,6,14H2. The summed E-state index contributed by atoms with van der Waals surface area (Å²) < 4.78 is 5.23. The number of carbonyl (C=O) groups is 1. The van der Waals surface area contributed by atoms with Gasteiger partial charge in [-0.25, -0.2) is 0 Å². The first-order valence-corrected chi connectivity index (χ1v) is 6.82. The molecule has 1 aliphatic rings. The molecule has 7 nitrogen and oxygen atoms in total. The molecule has 0 aromatic carbocycles. The first-order valence-electron chi connectivity index (χ1n) is 6.01. The largest absolute Gasteiger partial charge is 0.397 e. The van der Waals surface area contributed by atoms with Crippen molar-refractivity contribution >= 4 is 33.1 Å². The third kappa shape index (κ3) is 2.07. The quantitative estimate of drug-likeness (QED) is 0.825. The van der Waals surface area contributed by atoms with Crippen LogP contribution in [0.25, 0.3) is 10.2 Å². The van der Waals surface area contributed by atoms with Gasteiger partial charge in [-0.1, -0.05) is 0 Å². The van der Waals surface area contributed by atoms with Crippen molar-refractivity contribution in [3.05, 3.63) is 17.1 Å². The number of anilines is 1. The summed E-state index contributed by atoms with van der Waals surface area (Å²) in [6.07, 6.45) is 0.961. The lowest BCUT2D eigenvalue weighted by molar-refractivity contribution is 0.00374. The number of nitrogen functional groups attached to an aromatic ring is 1. The third-order valence-electron chi connectivity index (χ3n) is 3.11. The molecule has 1 amide bonds. The summed E-state index contributed by atoms with van der Waals surface area (Å²) >= 11 is 1.22. The van der Waals surface area contributed by atoms with Crippen LogP contribution in [0, 0.1) is 11.3 Å². The molecule has 1 unspecified atom stereocenters. The van der Waals surface area contributed by atoms with E-state index in [1.54, 1.807) is 17.2 Å². The molecular formula is C12H11N5O2S. The zero-order valence-electron chi connectivity index (χ0n) is 10.4. The van der Waals surface area contributed by atoms with Crippen molar-refractivity contribution in [3.63, 3.8) is 0 Å². The Labute approximate surface area is 118 Å². The van der Waals surface area contributed by atoms with Crippen molar-refractivity contribution < 1.29 is 9.53 Å². The monoisotopic (exact) mass is 289 g/mol. The predicted octanol–water partition coefficient (Wildman–Crippen LogP) is 0.638. The van der Waals surface area contributed by atoms with Gasteiger partial charge >= 0.3 is 0 Å². The number of aromatic nitrogens is 2. The van der Waals surface area contributed by atoms with E-state index >= 15 is 0 Å². The van der Waals surface area contributed by atoms with Gasteiger partial charge in [0.15, 0.2) is 6.10 Å². The second kappa shape index (κ2) is 5.03. The number of rotatable bonds is 1. The summed E-state index contributed by atoms with van der Waals surface area (Å²) in [5, 5.41) is 17.4. The van der Waals surface area contributed by atoms with Gasteiger partial charge in [0, 0.05) is 11.9 Å². The van der Waals surface area contributed by atoms with Crippen molar-refractivity contribution in [1.29, 1.82) is 5.26 Å². The number of morpholine rings is 1. The molecular weight excluding hydrogens is 278 g/mol. The number of hydrogen-bond donors (Lipinski definition) is 1. The zero-order valence-corrected chi connectivity index (χ0v) is 11.3. The van der Waals surface area contributed by atoms with Crippen LogP contribution in [-0.4, -0.2) is 46.8 Å². The number of amides is 1. The molecule has 2 N–H and O–H groups in total. The lowest BCUT2D eigenvalue weighted by atomic mass is 10.2. The number of carbonyl (C=O) groups excluding carboxylic acids is 1. The lowest BCUT2D eigenvalue weighted by Gasteiger charge is -2.29. The van der Waals surface area contributed by atoms with Crippen molar-refractivity contribution in [3.8, 4) is 6.07 Å². The number of thiophene rings is 1. The molecule has 0 spiro atoms. The number of ether oxygens (including phenoxy) is 1. The van der Waals surface area contributed by atoms with E-state index in [0.717, 1.165) is 5.39 Å². The molecule has 3 rings (SSSR count). The van der Waals surface area contributed by atoms with Gasteiger partial charge in [0.2, 0.25) is 0 Å². The van der Waals surface area contributed by atoms with Crippen LogP contribution in [0.4, 0.5) is 5.69 Å². The first-order chi connectivity index (χ1) is 9.70. The van der Waals surface area contributed by atoms with Crippen LogP contribution in [-0.2, 0) is 4.74 Å². The van der Waals surface area contributed by atoms with Crippen molar-refractivity contribution in [1.82, 2.24) is 15.1 Å². The summed E-state index contributed by atoms with van der Waals surface area (Å²) in [6.45, 7) is 1.07. The van der Waals surface area contributed by atoms with Crippen molar-refractivity contribution in [2.24, 2.45) is 0 Å². The Morgan fingerprint density at radius 3 is 3.25 bits per heavy atom. The average molecular weight is 289 g/mol.